The summed E-state index contributed by atoms with van der Waals surface area (Å²) >= 11 is 0. The third kappa shape index (κ3) is 2.73. The molecule has 3 rings (SSSR count). The summed E-state index contributed by atoms with van der Waals surface area (Å²) in [4.78, 5) is 22.6. The van der Waals surface area contributed by atoms with Crippen LogP contribution < -0.4 is 0 Å². The summed E-state index contributed by atoms with van der Waals surface area (Å²) in [5.74, 6) is 0.106. The Bertz CT molecular complexity index is 649. The van der Waals surface area contributed by atoms with Gasteiger partial charge in [0.15, 0.2) is 0 Å². The third-order valence-corrected chi connectivity index (χ3v) is 4.08. The number of likely N-dealkylation sites (tertiary alicyclic amines) is 1. The summed E-state index contributed by atoms with van der Waals surface area (Å²) in [5, 5.41) is 4.31. The molecule has 3 heterocycles. The van der Waals surface area contributed by atoms with Gasteiger partial charge in [0, 0.05) is 26.2 Å². The van der Waals surface area contributed by atoms with Gasteiger partial charge in [-0.05, 0) is 25.3 Å². The van der Waals surface area contributed by atoms with Crippen molar-refractivity contribution in [1.29, 1.82) is 0 Å². The van der Waals surface area contributed by atoms with Gasteiger partial charge in [0.1, 0.15) is 5.69 Å². The molecule has 0 aliphatic carbocycles. The van der Waals surface area contributed by atoms with E-state index >= 15 is 0 Å². The second kappa shape index (κ2) is 6.25. The van der Waals surface area contributed by atoms with Gasteiger partial charge in [0.25, 0.3) is 0 Å². The van der Waals surface area contributed by atoms with Gasteiger partial charge in [-0.25, -0.2) is 0 Å². The quantitative estimate of drug-likeness (QED) is 0.870. The Morgan fingerprint density at radius 2 is 2.23 bits per heavy atom. The first-order chi connectivity index (χ1) is 10.7. The number of carbonyl (C=O) groups excluding carboxylic acids is 1. The molecule has 1 amide bonds. The van der Waals surface area contributed by atoms with Crippen LogP contribution in [0.5, 0.6) is 0 Å². The lowest BCUT2D eigenvalue weighted by molar-refractivity contribution is -0.129. The molecule has 0 saturated carbocycles. The molecule has 1 aliphatic heterocycles. The van der Waals surface area contributed by atoms with Crippen molar-refractivity contribution in [3.05, 3.63) is 30.4 Å². The lowest BCUT2D eigenvalue weighted by Gasteiger charge is -2.22. The van der Waals surface area contributed by atoms with Crippen molar-refractivity contribution in [3.63, 3.8) is 0 Å². The van der Waals surface area contributed by atoms with Crippen molar-refractivity contribution in [2.24, 2.45) is 0 Å². The predicted octanol–water partition coefficient (Wildman–Crippen LogP) is 2.43. The third-order valence-electron chi connectivity index (χ3n) is 4.08. The monoisotopic (exact) mass is 299 g/mol. The van der Waals surface area contributed by atoms with E-state index in [2.05, 4.69) is 22.0 Å². The molecule has 0 aromatic carbocycles. The topological polar surface area (TPSA) is 63.9 Å². The van der Waals surface area contributed by atoms with Crippen LogP contribution in [0.25, 0.3) is 11.4 Å². The smallest absolute Gasteiger partial charge is 0.220 e. The lowest BCUT2D eigenvalue weighted by atomic mass is 10.1. The Labute approximate surface area is 130 Å². The van der Waals surface area contributed by atoms with Gasteiger partial charge in [0.05, 0.1) is 29.8 Å². The highest BCUT2D eigenvalue weighted by Gasteiger charge is 2.29. The number of hydrogen-bond acceptors (Lipinski definition) is 4. The second-order valence-electron chi connectivity index (χ2n) is 5.64. The number of aromatic nitrogens is 4. The maximum absolute atomic E-state index is 11.7. The fourth-order valence-corrected chi connectivity index (χ4v) is 3.03. The number of amides is 1. The lowest BCUT2D eigenvalue weighted by Crippen LogP contribution is -2.28. The molecule has 0 N–H and O–H groups in total. The maximum atomic E-state index is 11.7. The standard InChI is InChI=1S/C16H21N5O/c1-3-8-21-16(6-7-19-21)14-11-17-13(10-18-14)15-5-4-9-20(15)12(2)22/h6-7,10-11,15H,3-5,8-9H2,1-2H3/t15-/m0/s1. The molecule has 6 nitrogen and oxygen atoms in total. The highest BCUT2D eigenvalue weighted by atomic mass is 16.2. The van der Waals surface area contributed by atoms with Gasteiger partial charge in [-0.15, -0.1) is 0 Å². The van der Waals surface area contributed by atoms with Gasteiger partial charge >= 0.3 is 0 Å². The Kier molecular flexibility index (Phi) is 4.18. The van der Waals surface area contributed by atoms with Crippen LogP contribution in [-0.4, -0.2) is 37.1 Å². The minimum atomic E-state index is 0.0691. The highest BCUT2D eigenvalue weighted by Crippen LogP contribution is 2.30. The molecule has 0 unspecified atom stereocenters. The zero-order chi connectivity index (χ0) is 15.5. The Hall–Kier alpha value is -2.24. The van der Waals surface area contributed by atoms with Crippen molar-refractivity contribution in [2.75, 3.05) is 6.54 Å². The van der Waals surface area contributed by atoms with E-state index in [0.717, 1.165) is 49.4 Å². The first-order valence-electron chi connectivity index (χ1n) is 7.82. The summed E-state index contributed by atoms with van der Waals surface area (Å²) in [6.45, 7) is 5.42. The Balaban J connectivity index is 1.83. The van der Waals surface area contributed by atoms with E-state index in [1.165, 1.54) is 0 Å². The van der Waals surface area contributed by atoms with E-state index in [9.17, 15) is 4.79 Å². The molecule has 1 aliphatic rings. The molecule has 6 heteroatoms. The van der Waals surface area contributed by atoms with E-state index < -0.39 is 0 Å². The van der Waals surface area contributed by atoms with Crippen LogP contribution in [0.4, 0.5) is 0 Å². The normalized spacial score (nSPS) is 17.9. The van der Waals surface area contributed by atoms with E-state index in [1.807, 2.05) is 15.6 Å². The molecular formula is C16H21N5O. The van der Waals surface area contributed by atoms with Gasteiger partial charge < -0.3 is 4.90 Å². The number of nitrogens with zero attached hydrogens (tertiary/aromatic N) is 5. The number of rotatable bonds is 4. The molecule has 1 fully saturated rings. The molecule has 1 atom stereocenters. The second-order valence-corrected chi connectivity index (χ2v) is 5.64. The van der Waals surface area contributed by atoms with E-state index in [1.54, 1.807) is 25.5 Å². The van der Waals surface area contributed by atoms with Crippen LogP contribution >= 0.6 is 0 Å². The molecule has 2 aromatic heterocycles. The Morgan fingerprint density at radius 3 is 2.91 bits per heavy atom. The molecular weight excluding hydrogens is 278 g/mol. The fourth-order valence-electron chi connectivity index (χ4n) is 3.03. The van der Waals surface area contributed by atoms with Gasteiger partial charge in [0.2, 0.25) is 5.91 Å². The van der Waals surface area contributed by atoms with Crippen molar-refractivity contribution < 1.29 is 4.79 Å². The van der Waals surface area contributed by atoms with Gasteiger partial charge in [-0.2, -0.15) is 5.10 Å². The zero-order valence-electron chi connectivity index (χ0n) is 13.1. The average Bonchev–Trinajstić information content (AvgIpc) is 3.16. The summed E-state index contributed by atoms with van der Waals surface area (Å²) in [6, 6.07) is 2.02. The SMILES string of the molecule is CCCn1nccc1-c1cnc([C@@H]2CCCN2C(C)=O)cn1. The van der Waals surface area contributed by atoms with Crippen molar-refractivity contribution in [1.82, 2.24) is 24.6 Å². The number of carbonyl (C=O) groups is 1. The van der Waals surface area contributed by atoms with Crippen molar-refractivity contribution in [3.8, 4) is 11.4 Å². The molecule has 0 radical (unpaired) electrons. The maximum Gasteiger partial charge on any atom is 0.220 e. The molecule has 0 bridgehead atoms. The summed E-state index contributed by atoms with van der Waals surface area (Å²) in [6.07, 6.45) is 8.38. The molecule has 2 aromatic rings. The average molecular weight is 299 g/mol. The number of aryl methyl sites for hydroxylation is 1. The van der Waals surface area contributed by atoms with E-state index in [0.29, 0.717) is 0 Å². The van der Waals surface area contributed by atoms with E-state index in [4.69, 9.17) is 0 Å². The van der Waals surface area contributed by atoms with E-state index in [-0.39, 0.29) is 11.9 Å². The minimum Gasteiger partial charge on any atom is -0.334 e. The zero-order valence-corrected chi connectivity index (χ0v) is 13.1. The summed E-state index contributed by atoms with van der Waals surface area (Å²) < 4.78 is 1.95. The molecule has 22 heavy (non-hydrogen) atoms. The van der Waals surface area contributed by atoms with Gasteiger partial charge in [-0.1, -0.05) is 6.92 Å². The highest BCUT2D eigenvalue weighted by molar-refractivity contribution is 5.74. The fraction of sp³-hybridized carbons (Fsp3) is 0.500. The van der Waals surface area contributed by atoms with Gasteiger partial charge in [-0.3, -0.25) is 19.4 Å². The largest absolute Gasteiger partial charge is 0.334 e. The van der Waals surface area contributed by atoms with Crippen LogP contribution in [0, 0.1) is 0 Å². The summed E-state index contributed by atoms with van der Waals surface area (Å²) in [7, 11) is 0. The molecule has 116 valence electrons. The number of hydrogen-bond donors (Lipinski definition) is 0. The minimum absolute atomic E-state index is 0.0691. The Morgan fingerprint density at radius 1 is 1.36 bits per heavy atom. The van der Waals surface area contributed by atoms with Crippen LogP contribution in [0.15, 0.2) is 24.7 Å². The first kappa shape index (κ1) is 14.7. The van der Waals surface area contributed by atoms with Crippen molar-refractivity contribution >= 4 is 5.91 Å². The molecule has 1 saturated heterocycles. The van der Waals surface area contributed by atoms with Crippen LogP contribution in [0.1, 0.15) is 44.8 Å². The van der Waals surface area contributed by atoms with Crippen molar-refractivity contribution in [2.45, 2.75) is 45.7 Å². The van der Waals surface area contributed by atoms with Crippen LogP contribution in [0.3, 0.4) is 0 Å². The summed E-state index contributed by atoms with van der Waals surface area (Å²) in [5.41, 5.74) is 2.68. The van der Waals surface area contributed by atoms with Crippen LogP contribution in [0.2, 0.25) is 0 Å². The first-order valence-corrected chi connectivity index (χ1v) is 7.82. The van der Waals surface area contributed by atoms with Crippen LogP contribution in [-0.2, 0) is 11.3 Å². The predicted molar refractivity (Wildman–Crippen MR) is 82.9 cm³/mol. The molecule has 0 spiro atoms.